The van der Waals surface area contributed by atoms with Crippen molar-refractivity contribution in [1.82, 2.24) is 9.97 Å². The number of carbonyl (C=O) groups excluding carboxylic acids is 2. The first-order valence-electron chi connectivity index (χ1n) is 8.52. The minimum atomic E-state index is -1.46. The minimum absolute atomic E-state index is 0.0493. The molecule has 1 unspecified atom stereocenters. The van der Waals surface area contributed by atoms with Crippen LogP contribution in [-0.2, 0) is 9.47 Å². The first-order valence-corrected chi connectivity index (χ1v) is 8.52. The lowest BCUT2D eigenvalue weighted by Crippen LogP contribution is -2.32. The molecule has 29 heavy (non-hydrogen) atoms. The maximum Gasteiger partial charge on any atom is 0.342 e. The van der Waals surface area contributed by atoms with E-state index in [0.717, 1.165) is 0 Å². The molecule has 11 heteroatoms. The average molecular weight is 398 g/mol. The second kappa shape index (κ2) is 8.51. The number of aliphatic hydroxyl groups excluding tert-OH is 1. The summed E-state index contributed by atoms with van der Waals surface area (Å²) in [5, 5.41) is 24.5. The number of anilines is 3. The van der Waals surface area contributed by atoms with Gasteiger partial charge in [-0.05, 0) is 12.1 Å². The van der Waals surface area contributed by atoms with Gasteiger partial charge in [-0.3, -0.25) is 10.2 Å². The molecule has 1 aliphatic heterocycles. The number of carbonyl (C=O) groups is 2. The number of esters is 1. The van der Waals surface area contributed by atoms with Crippen LogP contribution in [0, 0.1) is 11.3 Å². The lowest BCUT2D eigenvalue weighted by Gasteiger charge is -2.18. The molecule has 150 valence electrons. The number of nitrogens with one attached hydrogen (secondary N) is 2. The largest absolute Gasteiger partial charge is 0.426 e. The summed E-state index contributed by atoms with van der Waals surface area (Å²) < 4.78 is 9.65. The molecule has 1 atom stereocenters. The van der Waals surface area contributed by atoms with Crippen LogP contribution in [0.1, 0.15) is 27.9 Å². The number of urea groups is 1. The summed E-state index contributed by atoms with van der Waals surface area (Å²) in [6.07, 6.45) is -0.118. The number of aromatic nitrogens is 2. The number of rotatable bonds is 6. The number of aliphatic hydroxyl groups is 1. The molecule has 0 saturated heterocycles. The molecule has 0 bridgehead atoms. The molecular formula is C18H18N6O5. The van der Waals surface area contributed by atoms with Crippen LogP contribution in [0.25, 0.3) is 0 Å². The van der Waals surface area contributed by atoms with Crippen LogP contribution in [0.5, 0.6) is 0 Å². The van der Waals surface area contributed by atoms with E-state index in [0.29, 0.717) is 24.4 Å². The van der Waals surface area contributed by atoms with E-state index < -0.39 is 18.3 Å². The molecule has 2 amide bonds. The quantitative estimate of drug-likeness (QED) is 0.482. The van der Waals surface area contributed by atoms with Gasteiger partial charge in [0.25, 0.3) is 0 Å². The van der Waals surface area contributed by atoms with Crippen molar-refractivity contribution in [2.45, 2.75) is 6.29 Å². The molecule has 2 aromatic heterocycles. The van der Waals surface area contributed by atoms with Gasteiger partial charge < -0.3 is 19.9 Å². The minimum Gasteiger partial charge on any atom is -0.426 e. The highest BCUT2D eigenvalue weighted by Gasteiger charge is 2.32. The van der Waals surface area contributed by atoms with E-state index in [1.54, 1.807) is 7.11 Å². The fourth-order valence-electron chi connectivity index (χ4n) is 2.58. The molecule has 3 heterocycles. The monoisotopic (exact) mass is 398 g/mol. The van der Waals surface area contributed by atoms with Gasteiger partial charge in [-0.25, -0.2) is 19.6 Å². The normalized spacial score (nSPS) is 14.6. The van der Waals surface area contributed by atoms with E-state index in [4.69, 9.17) is 4.74 Å². The summed E-state index contributed by atoms with van der Waals surface area (Å²) >= 11 is 0. The Morgan fingerprint density at radius 3 is 3.00 bits per heavy atom. The Kier molecular flexibility index (Phi) is 5.87. The topological polar surface area (TPSA) is 150 Å². The van der Waals surface area contributed by atoms with Gasteiger partial charge in [0.2, 0.25) is 6.29 Å². The second-order valence-electron chi connectivity index (χ2n) is 6.00. The van der Waals surface area contributed by atoms with Gasteiger partial charge in [-0.2, -0.15) is 5.26 Å². The van der Waals surface area contributed by atoms with Crippen molar-refractivity contribution in [3.05, 3.63) is 41.2 Å². The second-order valence-corrected chi connectivity index (χ2v) is 6.00. The van der Waals surface area contributed by atoms with Crippen LogP contribution in [-0.4, -0.2) is 54.4 Å². The third kappa shape index (κ3) is 4.23. The molecular weight excluding hydrogens is 380 g/mol. The number of cyclic esters (lactones) is 1. The molecule has 3 rings (SSSR count). The standard InChI is InChI=1S/C18H18N6O5/c1-24(14-4-3-11-15(23-14)17(26)29-16(11)25)18(27)22-13-7-12(20-5-6-28-2)10(8-19)9-21-13/h3-4,7,9,17,26H,5-6H2,1-2H3,(H2,20,21,22,27). The lowest BCUT2D eigenvalue weighted by molar-refractivity contribution is -0.0567. The summed E-state index contributed by atoms with van der Waals surface area (Å²) in [4.78, 5) is 33.5. The van der Waals surface area contributed by atoms with Gasteiger partial charge >= 0.3 is 12.0 Å². The van der Waals surface area contributed by atoms with Crippen LogP contribution in [0.3, 0.4) is 0 Å². The molecule has 0 saturated carbocycles. The maximum absolute atomic E-state index is 12.6. The summed E-state index contributed by atoms with van der Waals surface area (Å²) in [5.41, 5.74) is 1.03. The van der Waals surface area contributed by atoms with Crippen molar-refractivity contribution in [3.63, 3.8) is 0 Å². The Morgan fingerprint density at radius 1 is 1.48 bits per heavy atom. The van der Waals surface area contributed by atoms with Crippen molar-refractivity contribution in [1.29, 1.82) is 5.26 Å². The van der Waals surface area contributed by atoms with Crippen LogP contribution < -0.4 is 15.5 Å². The molecule has 0 radical (unpaired) electrons. The Morgan fingerprint density at radius 2 is 2.28 bits per heavy atom. The molecule has 0 aromatic carbocycles. The van der Waals surface area contributed by atoms with Gasteiger partial charge in [0.05, 0.1) is 23.4 Å². The van der Waals surface area contributed by atoms with Gasteiger partial charge in [-0.1, -0.05) is 0 Å². The molecule has 3 N–H and O–H groups in total. The van der Waals surface area contributed by atoms with Crippen molar-refractivity contribution in [3.8, 4) is 6.07 Å². The molecule has 11 nitrogen and oxygen atoms in total. The average Bonchev–Trinajstić information content (AvgIpc) is 3.01. The highest BCUT2D eigenvalue weighted by atomic mass is 16.6. The SMILES string of the molecule is COCCNc1cc(NC(=O)N(C)c2ccc3c(n2)C(O)OC3=O)ncc1C#N. The van der Waals surface area contributed by atoms with Gasteiger partial charge in [0.1, 0.15) is 23.4 Å². The Hall–Kier alpha value is -3.75. The summed E-state index contributed by atoms with van der Waals surface area (Å²) in [7, 11) is 3.03. The predicted octanol–water partition coefficient (Wildman–Crippen LogP) is 1.24. The summed E-state index contributed by atoms with van der Waals surface area (Å²) in [6.45, 7) is 0.921. The summed E-state index contributed by atoms with van der Waals surface area (Å²) in [5.74, 6) is -0.250. The number of ether oxygens (including phenoxy) is 2. The van der Waals surface area contributed by atoms with Crippen molar-refractivity contribution in [2.24, 2.45) is 0 Å². The lowest BCUT2D eigenvalue weighted by atomic mass is 10.2. The zero-order valence-corrected chi connectivity index (χ0v) is 15.7. The van der Waals surface area contributed by atoms with Crippen LogP contribution >= 0.6 is 0 Å². The predicted molar refractivity (Wildman–Crippen MR) is 101 cm³/mol. The number of pyridine rings is 2. The molecule has 0 aliphatic carbocycles. The highest BCUT2D eigenvalue weighted by molar-refractivity contribution is 6.01. The van der Waals surface area contributed by atoms with Crippen molar-refractivity contribution < 1.29 is 24.2 Å². The van der Waals surface area contributed by atoms with E-state index in [1.165, 1.54) is 36.3 Å². The van der Waals surface area contributed by atoms with E-state index in [2.05, 4.69) is 25.3 Å². The number of fused-ring (bicyclic) bond motifs is 1. The Balaban J connectivity index is 1.75. The van der Waals surface area contributed by atoms with E-state index in [9.17, 15) is 20.0 Å². The van der Waals surface area contributed by atoms with Gasteiger partial charge in [0, 0.05) is 33.0 Å². The van der Waals surface area contributed by atoms with Crippen LogP contribution in [0.4, 0.5) is 22.1 Å². The van der Waals surface area contributed by atoms with Gasteiger partial charge in [0.15, 0.2) is 0 Å². The number of hydrogen-bond acceptors (Lipinski definition) is 9. The summed E-state index contributed by atoms with van der Waals surface area (Å²) in [6, 6.07) is 5.89. The third-order valence-electron chi connectivity index (χ3n) is 4.11. The fourth-order valence-corrected chi connectivity index (χ4v) is 2.58. The zero-order chi connectivity index (χ0) is 21.0. The molecule has 1 aliphatic rings. The van der Waals surface area contributed by atoms with Gasteiger partial charge in [-0.15, -0.1) is 0 Å². The number of nitriles is 1. The smallest absolute Gasteiger partial charge is 0.342 e. The van der Waals surface area contributed by atoms with Crippen molar-refractivity contribution in [2.75, 3.05) is 42.8 Å². The fraction of sp³-hybridized carbons (Fsp3) is 0.278. The number of nitrogens with zero attached hydrogens (tertiary/aromatic N) is 4. The van der Waals surface area contributed by atoms with E-state index in [-0.39, 0.29) is 22.9 Å². The van der Waals surface area contributed by atoms with Crippen molar-refractivity contribution >= 4 is 29.3 Å². The first kappa shape index (κ1) is 20.0. The Labute approximate surface area is 165 Å². The number of methoxy groups -OCH3 is 1. The van der Waals surface area contributed by atoms with Crippen LogP contribution in [0.15, 0.2) is 24.4 Å². The molecule has 0 fully saturated rings. The van der Waals surface area contributed by atoms with E-state index >= 15 is 0 Å². The zero-order valence-electron chi connectivity index (χ0n) is 15.7. The number of hydrogen-bond donors (Lipinski definition) is 3. The third-order valence-corrected chi connectivity index (χ3v) is 4.11. The molecule has 2 aromatic rings. The first-order chi connectivity index (χ1) is 13.9. The highest BCUT2D eigenvalue weighted by Crippen LogP contribution is 2.28. The number of amides is 2. The van der Waals surface area contributed by atoms with Crippen LogP contribution in [0.2, 0.25) is 0 Å². The van der Waals surface area contributed by atoms with E-state index in [1.807, 2.05) is 6.07 Å². The molecule has 0 spiro atoms. The Bertz CT molecular complexity index is 989. The maximum atomic E-state index is 12.6.